The van der Waals surface area contributed by atoms with Gasteiger partial charge >= 0.3 is 5.97 Å². The lowest BCUT2D eigenvalue weighted by Crippen LogP contribution is -2.14. The van der Waals surface area contributed by atoms with Crippen molar-refractivity contribution >= 4 is 5.97 Å². The molecule has 0 aliphatic heterocycles. The van der Waals surface area contributed by atoms with Gasteiger partial charge in [-0.2, -0.15) is 0 Å². The second-order valence-corrected chi connectivity index (χ2v) is 18.7. The van der Waals surface area contributed by atoms with E-state index in [0.29, 0.717) is 18.9 Å². The molecule has 0 spiro atoms. The van der Waals surface area contributed by atoms with Gasteiger partial charge in [0, 0.05) is 6.42 Å². The fourth-order valence-corrected chi connectivity index (χ4v) is 8.84. The van der Waals surface area contributed by atoms with E-state index < -0.39 is 0 Å². The molecule has 0 heterocycles. The minimum absolute atomic E-state index is 0.0672. The minimum Gasteiger partial charge on any atom is -0.465 e. The van der Waals surface area contributed by atoms with E-state index in [9.17, 15) is 4.79 Å². The molecule has 1 atom stereocenters. The Morgan fingerprint density at radius 2 is 0.482 bits per heavy atom. The highest BCUT2D eigenvalue weighted by molar-refractivity contribution is 5.69. The molecule has 0 rings (SSSR count). The number of carbonyl (C=O) groups excluding carboxylic acids is 1. The number of esters is 1. The van der Waals surface area contributed by atoms with Gasteiger partial charge in [-0.3, -0.25) is 4.79 Å². The van der Waals surface area contributed by atoms with Crippen molar-refractivity contribution in [2.24, 2.45) is 5.92 Å². The minimum atomic E-state index is 0.0672. The van der Waals surface area contributed by atoms with Gasteiger partial charge in [-0.25, -0.2) is 0 Å². The maximum absolute atomic E-state index is 12.7. The van der Waals surface area contributed by atoms with Crippen LogP contribution in [0.5, 0.6) is 0 Å². The summed E-state index contributed by atoms with van der Waals surface area (Å²) in [5, 5.41) is 0. The Labute approximate surface area is 355 Å². The fourth-order valence-electron chi connectivity index (χ4n) is 8.84. The second kappa shape index (κ2) is 50.6. The number of hydrogen-bond donors (Lipinski definition) is 0. The molecule has 0 bridgehead atoms. The molecule has 2 heteroatoms. The first-order valence-electron chi connectivity index (χ1n) is 26.9. The van der Waals surface area contributed by atoms with Gasteiger partial charge in [0.2, 0.25) is 0 Å². The SMILES string of the molecule is CCCCCCCCCCCCCCCCCCC(CCCCCCCCCCCCCCCC)COC(=O)CCCCCCCCCCCCCCCCC. The Hall–Kier alpha value is -0.530. The Balaban J connectivity index is 4.05. The van der Waals surface area contributed by atoms with E-state index in [2.05, 4.69) is 20.8 Å². The molecule has 0 aromatic rings. The fraction of sp³-hybridized carbons (Fsp3) is 0.981. The predicted molar refractivity (Wildman–Crippen MR) is 253 cm³/mol. The highest BCUT2D eigenvalue weighted by Crippen LogP contribution is 2.22. The van der Waals surface area contributed by atoms with Crippen LogP contribution in [0.4, 0.5) is 0 Å². The first kappa shape index (κ1) is 55.5. The largest absolute Gasteiger partial charge is 0.465 e. The Morgan fingerprint density at radius 3 is 0.714 bits per heavy atom. The van der Waals surface area contributed by atoms with Crippen molar-refractivity contribution in [3.8, 4) is 0 Å². The summed E-state index contributed by atoms with van der Waals surface area (Å²) in [6.07, 6.45) is 66.2. The van der Waals surface area contributed by atoms with E-state index in [1.54, 1.807) is 0 Å². The molecule has 0 aromatic heterocycles. The molecule has 0 saturated heterocycles. The van der Waals surface area contributed by atoms with Gasteiger partial charge in [0.05, 0.1) is 6.61 Å². The highest BCUT2D eigenvalue weighted by Gasteiger charge is 2.12. The summed E-state index contributed by atoms with van der Waals surface area (Å²) in [6, 6.07) is 0. The average molecular weight is 789 g/mol. The molecule has 0 N–H and O–H groups in total. The van der Waals surface area contributed by atoms with Gasteiger partial charge in [-0.15, -0.1) is 0 Å². The van der Waals surface area contributed by atoms with Crippen LogP contribution in [0.3, 0.4) is 0 Å². The van der Waals surface area contributed by atoms with Crippen LogP contribution in [0.1, 0.15) is 329 Å². The summed E-state index contributed by atoms with van der Waals surface area (Å²) in [6.45, 7) is 7.59. The van der Waals surface area contributed by atoms with Crippen molar-refractivity contribution < 1.29 is 9.53 Å². The van der Waals surface area contributed by atoms with Crippen molar-refractivity contribution in [2.45, 2.75) is 329 Å². The van der Waals surface area contributed by atoms with Crippen LogP contribution in [0.25, 0.3) is 0 Å². The lowest BCUT2D eigenvalue weighted by Gasteiger charge is -2.17. The Morgan fingerprint density at radius 1 is 0.286 bits per heavy atom. The molecule has 336 valence electrons. The molecule has 0 radical (unpaired) electrons. The third kappa shape index (κ3) is 47.8. The summed E-state index contributed by atoms with van der Waals surface area (Å²) < 4.78 is 5.93. The number of carbonyl (C=O) groups is 1. The van der Waals surface area contributed by atoms with Gasteiger partial charge in [-0.05, 0) is 25.2 Å². The van der Waals surface area contributed by atoms with Crippen LogP contribution in [-0.2, 0) is 9.53 Å². The van der Waals surface area contributed by atoms with Crippen LogP contribution >= 0.6 is 0 Å². The molecule has 0 fully saturated rings. The third-order valence-corrected chi connectivity index (χ3v) is 12.9. The molecule has 0 aromatic carbocycles. The van der Waals surface area contributed by atoms with E-state index in [0.717, 1.165) is 6.42 Å². The van der Waals surface area contributed by atoms with Gasteiger partial charge in [0.1, 0.15) is 0 Å². The Bertz CT molecular complexity index is 703. The van der Waals surface area contributed by atoms with E-state index >= 15 is 0 Å². The lowest BCUT2D eigenvalue weighted by molar-refractivity contribution is -0.145. The summed E-state index contributed by atoms with van der Waals surface area (Å²) in [5.41, 5.74) is 0. The van der Waals surface area contributed by atoms with Gasteiger partial charge in [0.25, 0.3) is 0 Å². The first-order valence-corrected chi connectivity index (χ1v) is 26.9. The van der Waals surface area contributed by atoms with Crippen molar-refractivity contribution in [3.63, 3.8) is 0 Å². The first-order chi connectivity index (χ1) is 27.7. The van der Waals surface area contributed by atoms with Crippen LogP contribution in [0.15, 0.2) is 0 Å². The van der Waals surface area contributed by atoms with E-state index in [1.165, 1.54) is 295 Å². The summed E-state index contributed by atoms with van der Waals surface area (Å²) in [4.78, 5) is 12.7. The smallest absolute Gasteiger partial charge is 0.305 e. The Kier molecular flexibility index (Phi) is 50.1. The van der Waals surface area contributed by atoms with Gasteiger partial charge in [0.15, 0.2) is 0 Å². The van der Waals surface area contributed by atoms with E-state index in [-0.39, 0.29) is 5.97 Å². The van der Waals surface area contributed by atoms with Crippen molar-refractivity contribution in [2.75, 3.05) is 6.61 Å². The molecular weight excluding hydrogens is 681 g/mol. The van der Waals surface area contributed by atoms with E-state index in [1.807, 2.05) is 0 Å². The average Bonchev–Trinajstić information content (AvgIpc) is 3.20. The van der Waals surface area contributed by atoms with Crippen molar-refractivity contribution in [1.29, 1.82) is 0 Å². The topological polar surface area (TPSA) is 26.3 Å². The lowest BCUT2D eigenvalue weighted by atomic mass is 9.94. The zero-order chi connectivity index (χ0) is 40.5. The van der Waals surface area contributed by atoms with Crippen molar-refractivity contribution in [1.82, 2.24) is 0 Å². The van der Waals surface area contributed by atoms with Crippen LogP contribution in [-0.4, -0.2) is 12.6 Å². The maximum Gasteiger partial charge on any atom is 0.305 e. The summed E-state index contributed by atoms with van der Waals surface area (Å²) in [5.74, 6) is 0.640. The molecule has 0 saturated carbocycles. The number of hydrogen-bond acceptors (Lipinski definition) is 2. The molecule has 0 aliphatic carbocycles. The predicted octanol–water partition coefficient (Wildman–Crippen LogP) is 19.9. The normalized spacial score (nSPS) is 12.1. The quantitative estimate of drug-likeness (QED) is 0.0453. The number of ether oxygens (including phenoxy) is 1. The van der Waals surface area contributed by atoms with E-state index in [4.69, 9.17) is 4.74 Å². The molecule has 0 aliphatic rings. The van der Waals surface area contributed by atoms with Gasteiger partial charge in [-0.1, -0.05) is 303 Å². The molecule has 56 heavy (non-hydrogen) atoms. The van der Waals surface area contributed by atoms with Crippen LogP contribution in [0, 0.1) is 5.92 Å². The third-order valence-electron chi connectivity index (χ3n) is 12.9. The zero-order valence-corrected chi connectivity index (χ0v) is 39.5. The second-order valence-electron chi connectivity index (χ2n) is 18.7. The van der Waals surface area contributed by atoms with Crippen LogP contribution in [0.2, 0.25) is 0 Å². The number of unbranched alkanes of at least 4 members (excludes halogenated alkanes) is 42. The number of rotatable bonds is 50. The summed E-state index contributed by atoms with van der Waals surface area (Å²) >= 11 is 0. The van der Waals surface area contributed by atoms with Crippen LogP contribution < -0.4 is 0 Å². The monoisotopic (exact) mass is 789 g/mol. The molecule has 2 nitrogen and oxygen atoms in total. The molecule has 1 unspecified atom stereocenters. The molecular formula is C54H108O2. The maximum atomic E-state index is 12.7. The summed E-state index contributed by atoms with van der Waals surface area (Å²) in [7, 11) is 0. The standard InChI is InChI=1S/C54H108O2/c1-4-7-10-13-16-19-22-25-28-30-32-35-38-41-44-47-50-53(49-46-43-40-37-34-31-27-24-21-18-15-12-9-6-3)52-56-54(55)51-48-45-42-39-36-33-29-26-23-20-17-14-11-8-5-2/h53H,4-52H2,1-3H3. The zero-order valence-electron chi connectivity index (χ0n) is 39.5. The van der Waals surface area contributed by atoms with Gasteiger partial charge < -0.3 is 4.74 Å². The van der Waals surface area contributed by atoms with Crippen molar-refractivity contribution in [3.05, 3.63) is 0 Å². The molecule has 0 amide bonds. The highest BCUT2D eigenvalue weighted by atomic mass is 16.5.